The van der Waals surface area contributed by atoms with Gasteiger partial charge in [0.15, 0.2) is 0 Å². The SMILES string of the molecule is CNCC(C)(O)c1ccc(F)cn1. The number of hydrogen-bond donors (Lipinski definition) is 2. The summed E-state index contributed by atoms with van der Waals surface area (Å²) in [5.41, 5.74) is -0.592. The van der Waals surface area contributed by atoms with Crippen LogP contribution in [0.2, 0.25) is 0 Å². The maximum atomic E-state index is 12.5. The van der Waals surface area contributed by atoms with Gasteiger partial charge in [-0.05, 0) is 26.1 Å². The van der Waals surface area contributed by atoms with E-state index in [2.05, 4.69) is 10.3 Å². The van der Waals surface area contributed by atoms with E-state index in [-0.39, 0.29) is 0 Å². The summed E-state index contributed by atoms with van der Waals surface area (Å²) >= 11 is 0. The lowest BCUT2D eigenvalue weighted by molar-refractivity contribution is 0.0545. The van der Waals surface area contributed by atoms with Crippen molar-refractivity contribution in [3.63, 3.8) is 0 Å². The molecule has 1 unspecified atom stereocenters. The molecule has 0 aliphatic heterocycles. The predicted molar refractivity (Wildman–Crippen MR) is 47.7 cm³/mol. The number of rotatable bonds is 3. The highest BCUT2D eigenvalue weighted by molar-refractivity contribution is 5.13. The van der Waals surface area contributed by atoms with Crippen LogP contribution < -0.4 is 5.32 Å². The summed E-state index contributed by atoms with van der Waals surface area (Å²) in [5, 5.41) is 12.7. The fourth-order valence-corrected chi connectivity index (χ4v) is 1.13. The molecule has 0 fully saturated rings. The van der Waals surface area contributed by atoms with Crippen molar-refractivity contribution in [1.29, 1.82) is 0 Å². The first-order valence-corrected chi connectivity index (χ1v) is 4.05. The molecule has 1 aromatic rings. The number of aromatic nitrogens is 1. The van der Waals surface area contributed by atoms with Crippen molar-refractivity contribution in [1.82, 2.24) is 10.3 Å². The van der Waals surface area contributed by atoms with Crippen LogP contribution in [0, 0.1) is 5.82 Å². The van der Waals surface area contributed by atoms with Crippen molar-refractivity contribution in [3.8, 4) is 0 Å². The maximum Gasteiger partial charge on any atom is 0.141 e. The monoisotopic (exact) mass is 184 g/mol. The van der Waals surface area contributed by atoms with E-state index < -0.39 is 11.4 Å². The number of hydrogen-bond acceptors (Lipinski definition) is 3. The van der Waals surface area contributed by atoms with Gasteiger partial charge in [-0.3, -0.25) is 4.98 Å². The van der Waals surface area contributed by atoms with E-state index in [0.717, 1.165) is 6.20 Å². The summed E-state index contributed by atoms with van der Waals surface area (Å²) in [5.74, 6) is -0.399. The molecule has 3 nitrogen and oxygen atoms in total. The number of pyridine rings is 1. The molecule has 1 atom stereocenters. The summed E-state index contributed by atoms with van der Waals surface area (Å²) in [6.45, 7) is 2.01. The number of aliphatic hydroxyl groups is 1. The molecule has 0 spiro atoms. The van der Waals surface area contributed by atoms with Crippen LogP contribution in [0.15, 0.2) is 18.3 Å². The van der Waals surface area contributed by atoms with E-state index in [1.807, 2.05) is 0 Å². The molecular formula is C9H13FN2O. The Labute approximate surface area is 76.6 Å². The largest absolute Gasteiger partial charge is 0.383 e. The molecule has 72 valence electrons. The zero-order chi connectivity index (χ0) is 9.90. The average molecular weight is 184 g/mol. The Hall–Kier alpha value is -1.00. The number of halogens is 1. The fraction of sp³-hybridized carbons (Fsp3) is 0.444. The second kappa shape index (κ2) is 3.81. The van der Waals surface area contributed by atoms with E-state index >= 15 is 0 Å². The molecule has 0 bridgehead atoms. The molecule has 2 N–H and O–H groups in total. The van der Waals surface area contributed by atoms with E-state index in [9.17, 15) is 9.50 Å². The van der Waals surface area contributed by atoms with Gasteiger partial charge in [0.25, 0.3) is 0 Å². The van der Waals surface area contributed by atoms with Crippen LogP contribution in [0.3, 0.4) is 0 Å². The van der Waals surface area contributed by atoms with Crippen LogP contribution >= 0.6 is 0 Å². The Morgan fingerprint density at radius 3 is 2.77 bits per heavy atom. The maximum absolute atomic E-state index is 12.5. The third-order valence-electron chi connectivity index (χ3n) is 1.80. The van der Waals surface area contributed by atoms with E-state index in [4.69, 9.17) is 0 Å². The summed E-state index contributed by atoms with van der Waals surface area (Å²) in [7, 11) is 1.73. The van der Waals surface area contributed by atoms with E-state index in [0.29, 0.717) is 12.2 Å². The molecule has 0 amide bonds. The Morgan fingerprint density at radius 2 is 2.31 bits per heavy atom. The summed E-state index contributed by atoms with van der Waals surface area (Å²) in [6, 6.07) is 2.76. The van der Waals surface area contributed by atoms with Crippen molar-refractivity contribution in [2.45, 2.75) is 12.5 Å². The molecule has 1 aromatic heterocycles. The Bertz CT molecular complexity index is 271. The zero-order valence-corrected chi connectivity index (χ0v) is 7.71. The highest BCUT2D eigenvalue weighted by Crippen LogP contribution is 2.16. The molecule has 0 aliphatic rings. The molecule has 4 heteroatoms. The van der Waals surface area contributed by atoms with Crippen molar-refractivity contribution < 1.29 is 9.50 Å². The van der Waals surface area contributed by atoms with Gasteiger partial charge in [0, 0.05) is 6.54 Å². The minimum Gasteiger partial charge on any atom is -0.383 e. The van der Waals surface area contributed by atoms with Gasteiger partial charge in [0.05, 0.1) is 11.9 Å². The Kier molecular flexibility index (Phi) is 2.95. The summed E-state index contributed by atoms with van der Waals surface area (Å²) < 4.78 is 12.5. The number of nitrogens with one attached hydrogen (secondary N) is 1. The third kappa shape index (κ3) is 2.47. The second-order valence-electron chi connectivity index (χ2n) is 3.17. The molecule has 0 saturated heterocycles. The predicted octanol–water partition coefficient (Wildman–Crippen LogP) is 0.648. The van der Waals surface area contributed by atoms with Gasteiger partial charge >= 0.3 is 0 Å². The van der Waals surface area contributed by atoms with Crippen LogP contribution in [0.4, 0.5) is 4.39 Å². The molecule has 0 saturated carbocycles. The van der Waals surface area contributed by atoms with Crippen LogP contribution in [0.25, 0.3) is 0 Å². The van der Waals surface area contributed by atoms with Crippen LogP contribution in [-0.2, 0) is 5.60 Å². The Morgan fingerprint density at radius 1 is 1.62 bits per heavy atom. The fourth-order valence-electron chi connectivity index (χ4n) is 1.13. The van der Waals surface area contributed by atoms with Crippen molar-refractivity contribution in [2.24, 2.45) is 0 Å². The first-order chi connectivity index (χ1) is 6.06. The van der Waals surface area contributed by atoms with Gasteiger partial charge in [0.1, 0.15) is 11.4 Å². The first-order valence-electron chi connectivity index (χ1n) is 4.05. The highest BCUT2D eigenvalue weighted by atomic mass is 19.1. The van der Waals surface area contributed by atoms with Crippen LogP contribution in [0.5, 0.6) is 0 Å². The van der Waals surface area contributed by atoms with Crippen LogP contribution in [-0.4, -0.2) is 23.7 Å². The van der Waals surface area contributed by atoms with Gasteiger partial charge in [-0.15, -0.1) is 0 Å². The smallest absolute Gasteiger partial charge is 0.141 e. The zero-order valence-electron chi connectivity index (χ0n) is 7.71. The molecule has 0 aromatic carbocycles. The minimum absolute atomic E-state index is 0.381. The summed E-state index contributed by atoms with van der Waals surface area (Å²) in [4.78, 5) is 3.80. The van der Waals surface area contributed by atoms with Gasteiger partial charge < -0.3 is 10.4 Å². The first kappa shape index (κ1) is 10.1. The molecule has 0 aliphatic carbocycles. The highest BCUT2D eigenvalue weighted by Gasteiger charge is 2.23. The van der Waals surface area contributed by atoms with E-state index in [1.54, 1.807) is 14.0 Å². The van der Waals surface area contributed by atoms with Gasteiger partial charge in [-0.2, -0.15) is 0 Å². The minimum atomic E-state index is -1.05. The van der Waals surface area contributed by atoms with Crippen molar-refractivity contribution >= 4 is 0 Å². The molecule has 13 heavy (non-hydrogen) atoms. The quantitative estimate of drug-likeness (QED) is 0.725. The Balaban J connectivity index is 2.87. The standard InChI is InChI=1S/C9H13FN2O/c1-9(13,6-11-2)8-4-3-7(10)5-12-8/h3-5,11,13H,6H2,1-2H3. The number of likely N-dealkylation sites (N-methyl/N-ethyl adjacent to an activating group) is 1. The van der Waals surface area contributed by atoms with Crippen LogP contribution in [0.1, 0.15) is 12.6 Å². The third-order valence-corrected chi connectivity index (χ3v) is 1.80. The second-order valence-corrected chi connectivity index (χ2v) is 3.17. The topological polar surface area (TPSA) is 45.1 Å². The molecular weight excluding hydrogens is 171 g/mol. The normalized spacial score (nSPS) is 15.4. The van der Waals surface area contributed by atoms with Gasteiger partial charge in [-0.25, -0.2) is 4.39 Å². The van der Waals surface area contributed by atoms with Crippen molar-refractivity contribution in [3.05, 3.63) is 29.8 Å². The lowest BCUT2D eigenvalue weighted by atomic mass is 10.0. The lowest BCUT2D eigenvalue weighted by Gasteiger charge is -2.21. The molecule has 1 rings (SSSR count). The molecule has 0 radical (unpaired) electrons. The summed E-state index contributed by atoms with van der Waals surface area (Å²) in [6.07, 6.45) is 1.10. The van der Waals surface area contributed by atoms with Gasteiger partial charge in [-0.1, -0.05) is 0 Å². The lowest BCUT2D eigenvalue weighted by Crippen LogP contribution is -2.34. The number of nitrogens with zero attached hydrogens (tertiary/aromatic N) is 1. The van der Waals surface area contributed by atoms with Gasteiger partial charge in [0.2, 0.25) is 0 Å². The molecule has 1 heterocycles. The van der Waals surface area contributed by atoms with Crippen molar-refractivity contribution in [2.75, 3.05) is 13.6 Å². The van der Waals surface area contributed by atoms with E-state index in [1.165, 1.54) is 12.1 Å². The average Bonchev–Trinajstić information content (AvgIpc) is 2.05.